The van der Waals surface area contributed by atoms with E-state index in [1.54, 1.807) is 20.8 Å². The molecule has 0 spiro atoms. The Bertz CT molecular complexity index is 813. The molecule has 2 aromatic rings. The molecule has 0 heterocycles. The van der Waals surface area contributed by atoms with Crippen LogP contribution in [-0.2, 0) is 20.8 Å². The van der Waals surface area contributed by atoms with Crippen LogP contribution in [0.15, 0.2) is 48.5 Å². The molecule has 7 nitrogen and oxygen atoms in total. The molecular formula is C22H25NO6. The Kier molecular flexibility index (Phi) is 8.21. The number of hydrogen-bond acceptors (Lipinski definition) is 6. The van der Waals surface area contributed by atoms with Gasteiger partial charge in [0, 0.05) is 6.54 Å². The molecular weight excluding hydrogens is 374 g/mol. The molecule has 2 rings (SSSR count). The van der Waals surface area contributed by atoms with Gasteiger partial charge in [0.05, 0.1) is 24.3 Å². The third-order valence-electron chi connectivity index (χ3n) is 3.92. The lowest BCUT2D eigenvalue weighted by Gasteiger charge is -2.16. The summed E-state index contributed by atoms with van der Waals surface area (Å²) in [5, 5.41) is 2.79. The molecule has 0 saturated heterocycles. The molecule has 1 amide bonds. The third-order valence-corrected chi connectivity index (χ3v) is 3.92. The first-order valence-electron chi connectivity index (χ1n) is 9.42. The van der Waals surface area contributed by atoms with E-state index in [4.69, 9.17) is 14.2 Å². The number of carbonyl (C=O) groups excluding carboxylic acids is 3. The average molecular weight is 399 g/mol. The number of rotatable bonds is 9. The SMILES string of the molecule is CCOC(=O)c1cc(O[C@@H](C)C(=O)NCc2ccccc2)cc(C(=O)OCC)c1. The van der Waals surface area contributed by atoms with Gasteiger partial charge in [0.2, 0.25) is 0 Å². The van der Waals surface area contributed by atoms with Gasteiger partial charge in [-0.05, 0) is 44.5 Å². The molecule has 154 valence electrons. The molecule has 0 aromatic heterocycles. The highest BCUT2D eigenvalue weighted by atomic mass is 16.5. The quantitative estimate of drug-likeness (QED) is 0.652. The van der Waals surface area contributed by atoms with E-state index < -0.39 is 18.0 Å². The number of benzene rings is 2. The summed E-state index contributed by atoms with van der Waals surface area (Å²) in [5.74, 6) is -1.32. The molecule has 1 N–H and O–H groups in total. The van der Waals surface area contributed by atoms with E-state index >= 15 is 0 Å². The molecule has 29 heavy (non-hydrogen) atoms. The lowest BCUT2D eigenvalue weighted by molar-refractivity contribution is -0.127. The summed E-state index contributed by atoms with van der Waals surface area (Å²) < 4.78 is 15.7. The van der Waals surface area contributed by atoms with E-state index in [2.05, 4.69) is 5.32 Å². The fourth-order valence-electron chi connectivity index (χ4n) is 2.52. The summed E-state index contributed by atoms with van der Waals surface area (Å²) in [6, 6.07) is 13.7. The van der Waals surface area contributed by atoms with Crippen molar-refractivity contribution in [3.63, 3.8) is 0 Å². The van der Waals surface area contributed by atoms with Crippen molar-refractivity contribution in [2.75, 3.05) is 13.2 Å². The molecule has 2 aromatic carbocycles. The monoisotopic (exact) mass is 399 g/mol. The van der Waals surface area contributed by atoms with Crippen molar-refractivity contribution in [1.82, 2.24) is 5.32 Å². The minimum Gasteiger partial charge on any atom is -0.481 e. The molecule has 0 aliphatic carbocycles. The Morgan fingerprint density at radius 1 is 0.897 bits per heavy atom. The van der Waals surface area contributed by atoms with Gasteiger partial charge in [-0.2, -0.15) is 0 Å². The largest absolute Gasteiger partial charge is 0.481 e. The highest BCUT2D eigenvalue weighted by molar-refractivity contribution is 5.96. The van der Waals surface area contributed by atoms with Crippen molar-refractivity contribution >= 4 is 17.8 Å². The van der Waals surface area contributed by atoms with Gasteiger partial charge in [-0.1, -0.05) is 30.3 Å². The number of hydrogen-bond donors (Lipinski definition) is 1. The molecule has 1 atom stereocenters. The summed E-state index contributed by atoms with van der Waals surface area (Å²) in [4.78, 5) is 36.5. The van der Waals surface area contributed by atoms with Gasteiger partial charge in [0.25, 0.3) is 5.91 Å². The van der Waals surface area contributed by atoms with Crippen molar-refractivity contribution in [3.05, 3.63) is 65.2 Å². The molecule has 0 bridgehead atoms. The smallest absolute Gasteiger partial charge is 0.338 e. The van der Waals surface area contributed by atoms with Gasteiger partial charge in [-0.25, -0.2) is 9.59 Å². The summed E-state index contributed by atoms with van der Waals surface area (Å²) in [5.41, 5.74) is 1.25. The van der Waals surface area contributed by atoms with E-state index in [0.29, 0.717) is 6.54 Å². The van der Waals surface area contributed by atoms with Crippen LogP contribution < -0.4 is 10.1 Å². The molecule has 0 radical (unpaired) electrons. The zero-order valence-electron chi connectivity index (χ0n) is 16.8. The first kappa shape index (κ1) is 21.9. The summed E-state index contributed by atoms with van der Waals surface area (Å²) in [6.45, 7) is 5.70. The standard InChI is InChI=1S/C22H25NO6/c1-4-27-21(25)17-11-18(22(26)28-5-2)13-19(12-17)29-15(3)20(24)23-14-16-9-7-6-8-10-16/h6-13,15H,4-5,14H2,1-3H3,(H,23,24)/t15-/m0/s1. The molecule has 0 saturated carbocycles. The van der Waals surface area contributed by atoms with Crippen molar-refractivity contribution in [1.29, 1.82) is 0 Å². The van der Waals surface area contributed by atoms with E-state index in [-0.39, 0.29) is 36.0 Å². The number of nitrogens with one attached hydrogen (secondary N) is 1. The van der Waals surface area contributed by atoms with Gasteiger partial charge in [-0.15, -0.1) is 0 Å². The maximum Gasteiger partial charge on any atom is 0.338 e. The minimum absolute atomic E-state index is 0.143. The zero-order valence-corrected chi connectivity index (χ0v) is 16.8. The molecule has 0 fully saturated rings. The lowest BCUT2D eigenvalue weighted by Crippen LogP contribution is -2.36. The van der Waals surface area contributed by atoms with Crippen LogP contribution in [0.4, 0.5) is 0 Å². The van der Waals surface area contributed by atoms with Gasteiger partial charge in [-0.3, -0.25) is 4.79 Å². The Hall–Kier alpha value is -3.35. The Balaban J connectivity index is 2.13. The minimum atomic E-state index is -0.841. The second-order valence-electron chi connectivity index (χ2n) is 6.15. The zero-order chi connectivity index (χ0) is 21.2. The van der Waals surface area contributed by atoms with Crippen molar-refractivity contribution in [2.24, 2.45) is 0 Å². The van der Waals surface area contributed by atoms with Crippen LogP contribution in [-0.4, -0.2) is 37.2 Å². The van der Waals surface area contributed by atoms with Gasteiger partial charge < -0.3 is 19.5 Å². The highest BCUT2D eigenvalue weighted by Gasteiger charge is 2.19. The number of amides is 1. The predicted molar refractivity (Wildman–Crippen MR) is 107 cm³/mol. The summed E-state index contributed by atoms with van der Waals surface area (Å²) in [6.07, 6.45) is -0.841. The van der Waals surface area contributed by atoms with Crippen LogP contribution in [0.5, 0.6) is 5.75 Å². The molecule has 0 aliphatic heterocycles. The fourth-order valence-corrected chi connectivity index (χ4v) is 2.52. The molecule has 7 heteroatoms. The van der Waals surface area contributed by atoms with Gasteiger partial charge in [0.1, 0.15) is 5.75 Å². The van der Waals surface area contributed by atoms with Crippen molar-refractivity contribution in [2.45, 2.75) is 33.4 Å². The van der Waals surface area contributed by atoms with Crippen molar-refractivity contribution in [3.8, 4) is 5.75 Å². The van der Waals surface area contributed by atoms with Crippen molar-refractivity contribution < 1.29 is 28.6 Å². The number of esters is 2. The summed E-state index contributed by atoms with van der Waals surface area (Å²) >= 11 is 0. The van der Waals surface area contributed by atoms with Crippen LogP contribution in [0, 0.1) is 0 Å². The average Bonchev–Trinajstić information content (AvgIpc) is 2.72. The molecule has 0 aliphatic rings. The van der Waals surface area contributed by atoms with Gasteiger partial charge >= 0.3 is 11.9 Å². The van der Waals surface area contributed by atoms with E-state index in [9.17, 15) is 14.4 Å². The lowest BCUT2D eigenvalue weighted by atomic mass is 10.1. The molecule has 0 unspecified atom stereocenters. The number of ether oxygens (including phenoxy) is 3. The maximum absolute atomic E-state index is 12.3. The second-order valence-corrected chi connectivity index (χ2v) is 6.15. The maximum atomic E-state index is 12.3. The first-order chi connectivity index (χ1) is 13.9. The van der Waals surface area contributed by atoms with Crippen LogP contribution >= 0.6 is 0 Å². The highest BCUT2D eigenvalue weighted by Crippen LogP contribution is 2.20. The van der Waals surface area contributed by atoms with Crippen LogP contribution in [0.1, 0.15) is 47.1 Å². The topological polar surface area (TPSA) is 90.9 Å². The Labute approximate surface area is 170 Å². The van der Waals surface area contributed by atoms with E-state index in [0.717, 1.165) is 5.56 Å². The van der Waals surface area contributed by atoms with E-state index in [1.807, 2.05) is 30.3 Å². The van der Waals surface area contributed by atoms with Crippen LogP contribution in [0.3, 0.4) is 0 Å². The normalized spacial score (nSPS) is 11.3. The second kappa shape index (κ2) is 10.8. The fraction of sp³-hybridized carbons (Fsp3) is 0.318. The number of carbonyl (C=O) groups is 3. The summed E-state index contributed by atoms with van der Waals surface area (Å²) in [7, 11) is 0. The van der Waals surface area contributed by atoms with Gasteiger partial charge in [0.15, 0.2) is 6.10 Å². The Morgan fingerprint density at radius 2 is 1.45 bits per heavy atom. The van der Waals surface area contributed by atoms with Crippen LogP contribution in [0.25, 0.3) is 0 Å². The predicted octanol–water partition coefficient (Wildman–Crippen LogP) is 3.12. The van der Waals surface area contributed by atoms with E-state index in [1.165, 1.54) is 18.2 Å². The van der Waals surface area contributed by atoms with Crippen LogP contribution in [0.2, 0.25) is 0 Å². The Morgan fingerprint density at radius 3 is 1.97 bits per heavy atom. The first-order valence-corrected chi connectivity index (χ1v) is 9.42. The third kappa shape index (κ3) is 6.64.